The number of hydrogen-bond acceptors (Lipinski definition) is 3. The molecule has 2 rings (SSSR count). The average molecular weight is 344 g/mol. The molecule has 0 fully saturated rings. The van der Waals surface area contributed by atoms with Gasteiger partial charge in [-0.2, -0.15) is 13.2 Å². The fraction of sp³-hybridized carbons (Fsp3) is 0.312. The van der Waals surface area contributed by atoms with E-state index in [0.29, 0.717) is 12.0 Å². The van der Waals surface area contributed by atoms with Crippen LogP contribution < -0.4 is 0 Å². The summed E-state index contributed by atoms with van der Waals surface area (Å²) < 4.78 is 37.3. The Morgan fingerprint density at radius 3 is 2.45 bits per heavy atom. The third kappa shape index (κ3) is 5.50. The van der Waals surface area contributed by atoms with E-state index in [1.165, 1.54) is 11.3 Å². The van der Waals surface area contributed by atoms with Gasteiger partial charge in [0.15, 0.2) is 5.78 Å². The van der Waals surface area contributed by atoms with Crippen LogP contribution in [0.5, 0.6) is 0 Å². The van der Waals surface area contributed by atoms with Gasteiger partial charge in [0.1, 0.15) is 0 Å². The summed E-state index contributed by atoms with van der Waals surface area (Å²) in [6, 6.07) is 12.5. The summed E-state index contributed by atoms with van der Waals surface area (Å²) in [6.07, 6.45) is 0.683. The molecular weight excluding hydrogens is 329 g/mol. The molecule has 0 N–H and O–H groups in total. The first-order chi connectivity index (χ1) is 10.5. The maximum absolute atomic E-state index is 12.4. The number of thiophene rings is 1. The number of rotatable bonds is 7. The number of Topliss-reactive ketones (excluding diaryl/α,β-unsaturated/α-hetero) is 1. The first-order valence-corrected chi connectivity index (χ1v) is 8.64. The van der Waals surface area contributed by atoms with Crippen molar-refractivity contribution in [3.63, 3.8) is 0 Å². The lowest BCUT2D eigenvalue weighted by molar-refractivity contribution is -0.0328. The number of carbonyl (C=O) groups is 1. The Balaban J connectivity index is 1.96. The van der Waals surface area contributed by atoms with Crippen LogP contribution >= 0.6 is 23.1 Å². The molecule has 22 heavy (non-hydrogen) atoms. The fourth-order valence-electron chi connectivity index (χ4n) is 2.10. The molecule has 0 aliphatic rings. The second kappa shape index (κ2) is 7.83. The average Bonchev–Trinajstić information content (AvgIpc) is 3.01. The van der Waals surface area contributed by atoms with Crippen molar-refractivity contribution in [2.45, 2.75) is 24.3 Å². The van der Waals surface area contributed by atoms with Crippen LogP contribution in [0.4, 0.5) is 13.2 Å². The van der Waals surface area contributed by atoms with Gasteiger partial charge in [0.25, 0.3) is 0 Å². The van der Waals surface area contributed by atoms with Crippen molar-refractivity contribution in [2.24, 2.45) is 0 Å². The quantitative estimate of drug-likeness (QED) is 0.595. The minimum absolute atomic E-state index is 0.0172. The summed E-state index contributed by atoms with van der Waals surface area (Å²) in [5, 5.41) is 1.85. The van der Waals surface area contributed by atoms with E-state index in [4.69, 9.17) is 0 Å². The second-order valence-corrected chi connectivity index (χ2v) is 6.86. The highest BCUT2D eigenvalue weighted by molar-refractivity contribution is 8.00. The summed E-state index contributed by atoms with van der Waals surface area (Å²) in [5.74, 6) is -0.329. The Kier molecular flexibility index (Phi) is 6.08. The van der Waals surface area contributed by atoms with Crippen molar-refractivity contribution in [3.8, 4) is 0 Å². The SMILES string of the molecule is O=C(CCC(CSC(F)(F)F)c1cccs1)c1ccccc1. The molecule has 1 aromatic carbocycles. The molecule has 0 amide bonds. The number of thioether (sulfide) groups is 1. The van der Waals surface area contributed by atoms with Gasteiger partial charge in [-0.3, -0.25) is 4.79 Å². The highest BCUT2D eigenvalue weighted by Gasteiger charge is 2.30. The van der Waals surface area contributed by atoms with Crippen LogP contribution in [0.1, 0.15) is 34.0 Å². The molecule has 0 aliphatic heterocycles. The third-order valence-corrected chi connectivity index (χ3v) is 5.14. The Hall–Kier alpha value is -1.27. The van der Waals surface area contributed by atoms with Gasteiger partial charge in [0.2, 0.25) is 0 Å². The topological polar surface area (TPSA) is 17.1 Å². The van der Waals surface area contributed by atoms with Crippen molar-refractivity contribution in [2.75, 3.05) is 5.75 Å². The van der Waals surface area contributed by atoms with Gasteiger partial charge < -0.3 is 0 Å². The zero-order valence-corrected chi connectivity index (χ0v) is 13.3. The van der Waals surface area contributed by atoms with Gasteiger partial charge in [-0.25, -0.2) is 0 Å². The van der Waals surface area contributed by atoms with Gasteiger partial charge in [-0.1, -0.05) is 48.2 Å². The molecule has 1 aromatic heterocycles. The summed E-state index contributed by atoms with van der Waals surface area (Å²) in [6.45, 7) is 0. The number of hydrogen-bond donors (Lipinski definition) is 0. The van der Waals surface area contributed by atoms with E-state index < -0.39 is 5.51 Å². The number of carbonyl (C=O) groups excluding carboxylic acids is 1. The molecule has 118 valence electrons. The van der Waals surface area contributed by atoms with E-state index in [1.807, 2.05) is 23.6 Å². The van der Waals surface area contributed by atoms with E-state index in [9.17, 15) is 18.0 Å². The van der Waals surface area contributed by atoms with Crippen molar-refractivity contribution < 1.29 is 18.0 Å². The van der Waals surface area contributed by atoms with Crippen molar-refractivity contribution >= 4 is 28.9 Å². The molecule has 6 heteroatoms. The van der Waals surface area contributed by atoms with Crippen LogP contribution in [0.2, 0.25) is 0 Å². The van der Waals surface area contributed by atoms with Gasteiger partial charge >= 0.3 is 5.51 Å². The van der Waals surface area contributed by atoms with Crippen molar-refractivity contribution in [3.05, 3.63) is 58.3 Å². The largest absolute Gasteiger partial charge is 0.441 e. The Morgan fingerprint density at radius 1 is 1.14 bits per heavy atom. The van der Waals surface area contributed by atoms with Crippen LogP contribution in [-0.2, 0) is 0 Å². The maximum atomic E-state index is 12.4. The van der Waals surface area contributed by atoms with Crippen LogP contribution in [-0.4, -0.2) is 17.0 Å². The molecule has 0 saturated heterocycles. The lowest BCUT2D eigenvalue weighted by Crippen LogP contribution is -2.10. The normalized spacial score (nSPS) is 13.0. The highest BCUT2D eigenvalue weighted by atomic mass is 32.2. The third-order valence-electron chi connectivity index (χ3n) is 3.21. The van der Waals surface area contributed by atoms with Gasteiger partial charge in [0, 0.05) is 28.5 Å². The Bertz CT molecular complexity index is 579. The van der Waals surface area contributed by atoms with E-state index in [1.54, 1.807) is 24.3 Å². The molecule has 1 atom stereocenters. The van der Waals surface area contributed by atoms with Crippen LogP contribution in [0, 0.1) is 0 Å². The predicted molar refractivity (Wildman–Crippen MR) is 85.6 cm³/mol. The maximum Gasteiger partial charge on any atom is 0.441 e. The van der Waals surface area contributed by atoms with E-state index in [2.05, 4.69) is 0 Å². The number of halogens is 3. The minimum Gasteiger partial charge on any atom is -0.294 e. The lowest BCUT2D eigenvalue weighted by atomic mass is 9.99. The smallest absolute Gasteiger partial charge is 0.294 e. The summed E-state index contributed by atoms with van der Waals surface area (Å²) >= 11 is 1.42. The second-order valence-electron chi connectivity index (χ2n) is 4.80. The highest BCUT2D eigenvalue weighted by Crippen LogP contribution is 2.37. The van der Waals surface area contributed by atoms with Gasteiger partial charge in [-0.05, 0) is 17.9 Å². The summed E-state index contributed by atoms with van der Waals surface area (Å²) in [4.78, 5) is 13.0. The molecule has 0 saturated carbocycles. The van der Waals surface area contributed by atoms with E-state index in [-0.39, 0.29) is 35.6 Å². The molecule has 1 heterocycles. The zero-order chi connectivity index (χ0) is 16.0. The molecule has 2 aromatic rings. The first-order valence-electron chi connectivity index (χ1n) is 6.78. The molecule has 1 nitrogen and oxygen atoms in total. The Morgan fingerprint density at radius 2 is 1.86 bits per heavy atom. The fourth-order valence-corrected chi connectivity index (χ4v) is 3.81. The summed E-state index contributed by atoms with van der Waals surface area (Å²) in [5.41, 5.74) is -3.63. The minimum atomic E-state index is -4.24. The van der Waals surface area contributed by atoms with Crippen molar-refractivity contribution in [1.29, 1.82) is 0 Å². The predicted octanol–water partition coefficient (Wildman–Crippen LogP) is 5.75. The molecule has 0 radical (unpaired) electrons. The monoisotopic (exact) mass is 344 g/mol. The van der Waals surface area contributed by atoms with E-state index >= 15 is 0 Å². The molecular formula is C16H15F3OS2. The van der Waals surface area contributed by atoms with E-state index in [0.717, 1.165) is 4.88 Å². The van der Waals surface area contributed by atoms with Gasteiger partial charge in [-0.15, -0.1) is 11.3 Å². The number of alkyl halides is 3. The molecule has 0 spiro atoms. The van der Waals surface area contributed by atoms with Gasteiger partial charge in [0.05, 0.1) is 0 Å². The lowest BCUT2D eigenvalue weighted by Gasteiger charge is -2.16. The zero-order valence-electron chi connectivity index (χ0n) is 11.7. The molecule has 1 unspecified atom stereocenters. The Labute approximate surface area is 135 Å². The first kappa shape index (κ1) is 17.1. The number of benzene rings is 1. The molecule has 0 aliphatic carbocycles. The standard InChI is InChI=1S/C16H15F3OS2/c17-16(18,19)22-11-13(15-7-4-10-21-15)8-9-14(20)12-5-2-1-3-6-12/h1-7,10,13H,8-9,11H2. The summed E-state index contributed by atoms with van der Waals surface area (Å²) in [7, 11) is 0. The molecule has 0 bridgehead atoms. The van der Waals surface area contributed by atoms with Crippen molar-refractivity contribution in [1.82, 2.24) is 0 Å². The number of ketones is 1. The van der Waals surface area contributed by atoms with Crippen LogP contribution in [0.3, 0.4) is 0 Å². The van der Waals surface area contributed by atoms with Crippen LogP contribution in [0.25, 0.3) is 0 Å². The van der Waals surface area contributed by atoms with Crippen LogP contribution in [0.15, 0.2) is 47.8 Å².